The van der Waals surface area contributed by atoms with Gasteiger partial charge in [0.25, 0.3) is 0 Å². The van der Waals surface area contributed by atoms with Crippen molar-refractivity contribution in [3.63, 3.8) is 0 Å². The van der Waals surface area contributed by atoms with Gasteiger partial charge in [-0.1, -0.05) is 23.7 Å². The van der Waals surface area contributed by atoms with Gasteiger partial charge in [-0.15, -0.1) is 0 Å². The summed E-state index contributed by atoms with van der Waals surface area (Å²) in [5.41, 5.74) is 1.03. The van der Waals surface area contributed by atoms with Gasteiger partial charge in [-0.25, -0.2) is 9.37 Å². The number of nitrogens with zero attached hydrogens (tertiary/aromatic N) is 3. The van der Waals surface area contributed by atoms with Crippen molar-refractivity contribution in [3.05, 3.63) is 59.0 Å². The van der Waals surface area contributed by atoms with E-state index in [0.717, 1.165) is 49.7 Å². The first kappa shape index (κ1) is 21.8. The van der Waals surface area contributed by atoms with Crippen molar-refractivity contribution >= 4 is 23.4 Å². The van der Waals surface area contributed by atoms with Crippen LogP contribution in [-0.2, 0) is 10.2 Å². The number of ether oxygens (including phenoxy) is 1. The Kier molecular flexibility index (Phi) is 6.92. The van der Waals surface area contributed by atoms with Crippen LogP contribution in [0.1, 0.15) is 24.8 Å². The first-order valence-corrected chi connectivity index (χ1v) is 11.1. The van der Waals surface area contributed by atoms with E-state index in [9.17, 15) is 4.39 Å². The minimum Gasteiger partial charge on any atom is -0.381 e. The Morgan fingerprint density at radius 3 is 2.77 bits per heavy atom. The first-order chi connectivity index (χ1) is 15.1. The number of hydrogen-bond acceptors (Lipinski definition) is 4. The molecule has 0 amide bonds. The standard InChI is InChI=1S/C23H29ClFN5O/c1-26-22(29-19-8-12-30(15-19)21-20(24)3-2-11-27-21)28-16-23(9-13-31-14-10-23)17-4-6-18(25)7-5-17/h2-7,11,19H,8-10,12-16H2,1H3,(H2,26,28,29). The molecule has 3 heterocycles. The van der Waals surface area contributed by atoms with Crippen LogP contribution in [0.15, 0.2) is 47.6 Å². The molecule has 31 heavy (non-hydrogen) atoms. The molecule has 0 spiro atoms. The average Bonchev–Trinajstić information content (AvgIpc) is 3.26. The molecule has 8 heteroatoms. The summed E-state index contributed by atoms with van der Waals surface area (Å²) in [6.45, 7) is 3.82. The van der Waals surface area contributed by atoms with Crippen LogP contribution in [0.5, 0.6) is 0 Å². The van der Waals surface area contributed by atoms with Gasteiger partial charge >= 0.3 is 0 Å². The largest absolute Gasteiger partial charge is 0.381 e. The van der Waals surface area contributed by atoms with Crippen LogP contribution in [0.25, 0.3) is 0 Å². The van der Waals surface area contributed by atoms with E-state index in [1.165, 1.54) is 12.1 Å². The number of anilines is 1. The van der Waals surface area contributed by atoms with Crippen molar-refractivity contribution in [3.8, 4) is 0 Å². The smallest absolute Gasteiger partial charge is 0.191 e. The van der Waals surface area contributed by atoms with Gasteiger partial charge in [-0.2, -0.15) is 0 Å². The molecule has 0 aliphatic carbocycles. The van der Waals surface area contributed by atoms with Crippen LogP contribution in [0, 0.1) is 5.82 Å². The lowest BCUT2D eigenvalue weighted by Gasteiger charge is -2.38. The fourth-order valence-corrected chi connectivity index (χ4v) is 4.70. The SMILES string of the molecule is CN=C(NCC1(c2ccc(F)cc2)CCOCC1)NC1CCN(c2ncccc2Cl)C1. The second kappa shape index (κ2) is 9.83. The summed E-state index contributed by atoms with van der Waals surface area (Å²) in [7, 11) is 1.78. The highest BCUT2D eigenvalue weighted by Crippen LogP contribution is 2.34. The first-order valence-electron chi connectivity index (χ1n) is 10.8. The van der Waals surface area contributed by atoms with Gasteiger partial charge in [0.2, 0.25) is 0 Å². The van der Waals surface area contributed by atoms with Gasteiger partial charge < -0.3 is 20.3 Å². The summed E-state index contributed by atoms with van der Waals surface area (Å²) < 4.78 is 19.1. The Labute approximate surface area is 187 Å². The molecule has 0 bridgehead atoms. The number of rotatable bonds is 5. The van der Waals surface area contributed by atoms with E-state index in [0.29, 0.717) is 24.8 Å². The summed E-state index contributed by atoms with van der Waals surface area (Å²) >= 11 is 6.31. The molecule has 2 fully saturated rings. The van der Waals surface area contributed by atoms with Gasteiger partial charge in [0.05, 0.1) is 5.02 Å². The molecule has 2 aliphatic heterocycles. The lowest BCUT2D eigenvalue weighted by atomic mass is 9.74. The minimum atomic E-state index is -0.213. The second-order valence-electron chi connectivity index (χ2n) is 8.21. The van der Waals surface area contributed by atoms with Crippen LogP contribution >= 0.6 is 11.6 Å². The van der Waals surface area contributed by atoms with Gasteiger partial charge in [-0.05, 0) is 49.1 Å². The number of halogens is 2. The van der Waals surface area contributed by atoms with Gasteiger partial charge in [-0.3, -0.25) is 4.99 Å². The Morgan fingerprint density at radius 2 is 2.06 bits per heavy atom. The molecule has 1 atom stereocenters. The van der Waals surface area contributed by atoms with Crippen molar-refractivity contribution in [2.75, 3.05) is 44.8 Å². The Balaban J connectivity index is 1.38. The average molecular weight is 446 g/mol. The van der Waals surface area contributed by atoms with E-state index in [4.69, 9.17) is 16.3 Å². The fraction of sp³-hybridized carbons (Fsp3) is 0.478. The van der Waals surface area contributed by atoms with E-state index >= 15 is 0 Å². The van der Waals surface area contributed by atoms with Crippen molar-refractivity contribution in [1.82, 2.24) is 15.6 Å². The second-order valence-corrected chi connectivity index (χ2v) is 8.62. The zero-order chi connectivity index (χ0) is 21.7. The predicted octanol–water partition coefficient (Wildman–Crippen LogP) is 3.37. The normalized spacial score (nSPS) is 21.2. The van der Waals surface area contributed by atoms with Crippen LogP contribution in [0.4, 0.5) is 10.2 Å². The maximum atomic E-state index is 13.5. The number of pyridine rings is 1. The van der Waals surface area contributed by atoms with E-state index in [1.807, 2.05) is 24.3 Å². The molecule has 1 aromatic carbocycles. The molecule has 0 radical (unpaired) electrons. The maximum Gasteiger partial charge on any atom is 0.191 e. The quantitative estimate of drug-likeness (QED) is 0.546. The molecular formula is C23H29ClFN5O. The molecule has 0 saturated carbocycles. The molecule has 1 unspecified atom stereocenters. The number of aliphatic imine (C=N–C) groups is 1. The third-order valence-corrected chi connectivity index (χ3v) is 6.59. The van der Waals surface area contributed by atoms with Crippen molar-refractivity contribution in [2.45, 2.75) is 30.7 Å². The topological polar surface area (TPSA) is 61.8 Å². The third kappa shape index (κ3) is 5.10. The fourth-order valence-electron chi connectivity index (χ4n) is 4.45. The number of nitrogens with one attached hydrogen (secondary N) is 2. The van der Waals surface area contributed by atoms with Crippen LogP contribution < -0.4 is 15.5 Å². The predicted molar refractivity (Wildman–Crippen MR) is 122 cm³/mol. The minimum absolute atomic E-state index is 0.104. The van der Waals surface area contributed by atoms with E-state index in [-0.39, 0.29) is 17.3 Å². The lowest BCUT2D eigenvalue weighted by Crippen LogP contribution is -2.50. The zero-order valence-electron chi connectivity index (χ0n) is 17.8. The monoisotopic (exact) mass is 445 g/mol. The van der Waals surface area contributed by atoms with Gasteiger partial charge in [0, 0.05) is 57.5 Å². The Hall–Kier alpha value is -2.38. The Morgan fingerprint density at radius 1 is 1.29 bits per heavy atom. The molecule has 2 aromatic rings. The highest BCUT2D eigenvalue weighted by molar-refractivity contribution is 6.32. The molecule has 4 rings (SSSR count). The molecule has 2 N–H and O–H groups in total. The summed E-state index contributed by atoms with van der Waals surface area (Å²) in [5.74, 6) is 1.39. The lowest BCUT2D eigenvalue weighted by molar-refractivity contribution is 0.0513. The van der Waals surface area contributed by atoms with Crippen LogP contribution in [-0.4, -0.2) is 56.9 Å². The number of aromatic nitrogens is 1. The molecular weight excluding hydrogens is 417 g/mol. The summed E-state index contributed by atoms with van der Waals surface area (Å²) in [5, 5.41) is 7.73. The summed E-state index contributed by atoms with van der Waals surface area (Å²) in [4.78, 5) is 11.1. The van der Waals surface area contributed by atoms with Crippen LogP contribution in [0.2, 0.25) is 5.02 Å². The molecule has 2 aliphatic rings. The van der Waals surface area contributed by atoms with Crippen molar-refractivity contribution in [2.24, 2.45) is 4.99 Å². The van der Waals surface area contributed by atoms with Crippen LogP contribution in [0.3, 0.4) is 0 Å². The highest BCUT2D eigenvalue weighted by atomic mass is 35.5. The third-order valence-electron chi connectivity index (χ3n) is 6.29. The van der Waals surface area contributed by atoms with Gasteiger partial charge in [0.1, 0.15) is 11.6 Å². The van der Waals surface area contributed by atoms with Gasteiger partial charge in [0.15, 0.2) is 5.96 Å². The highest BCUT2D eigenvalue weighted by Gasteiger charge is 2.35. The van der Waals surface area contributed by atoms with E-state index < -0.39 is 0 Å². The summed E-state index contributed by atoms with van der Waals surface area (Å²) in [6.07, 6.45) is 4.52. The number of hydrogen-bond donors (Lipinski definition) is 2. The van der Waals surface area contributed by atoms with E-state index in [1.54, 1.807) is 13.2 Å². The number of benzene rings is 1. The van der Waals surface area contributed by atoms with E-state index in [2.05, 4.69) is 25.5 Å². The maximum absolute atomic E-state index is 13.5. The molecule has 2 saturated heterocycles. The van der Waals surface area contributed by atoms with Crippen molar-refractivity contribution in [1.29, 1.82) is 0 Å². The van der Waals surface area contributed by atoms with Crippen molar-refractivity contribution < 1.29 is 9.13 Å². The molecule has 166 valence electrons. The molecule has 1 aromatic heterocycles. The zero-order valence-corrected chi connectivity index (χ0v) is 18.5. The number of guanidine groups is 1. The Bertz CT molecular complexity index is 901. The summed E-state index contributed by atoms with van der Waals surface area (Å²) in [6, 6.07) is 10.8. The molecule has 6 nitrogen and oxygen atoms in total.